The van der Waals surface area contributed by atoms with Crippen molar-refractivity contribution in [2.75, 3.05) is 13.2 Å². The molecule has 1 saturated heterocycles. The van der Waals surface area contributed by atoms with E-state index in [0.29, 0.717) is 18.6 Å². The van der Waals surface area contributed by atoms with Gasteiger partial charge in [0.15, 0.2) is 0 Å². The third-order valence-electron chi connectivity index (χ3n) is 4.78. The second kappa shape index (κ2) is 9.01. The van der Waals surface area contributed by atoms with Crippen molar-refractivity contribution in [2.24, 2.45) is 0 Å². The lowest BCUT2D eigenvalue weighted by atomic mass is 9.95. The van der Waals surface area contributed by atoms with Gasteiger partial charge in [-0.25, -0.2) is 4.39 Å². The van der Waals surface area contributed by atoms with Gasteiger partial charge in [0.25, 0.3) is 11.7 Å². The number of amides is 1. The molecule has 1 fully saturated rings. The lowest BCUT2D eigenvalue weighted by Gasteiger charge is -2.25. The summed E-state index contributed by atoms with van der Waals surface area (Å²) in [5, 5.41) is 10.8. The predicted octanol–water partition coefficient (Wildman–Crippen LogP) is 4.06. The van der Waals surface area contributed by atoms with E-state index in [1.807, 2.05) is 13.8 Å². The van der Waals surface area contributed by atoms with Crippen molar-refractivity contribution in [3.05, 3.63) is 77.1 Å². The quantitative estimate of drug-likeness (QED) is 0.331. The molecule has 0 radical (unpaired) electrons. The molecule has 0 bridgehead atoms. The minimum Gasteiger partial charge on any atom is -0.507 e. The fourth-order valence-electron chi connectivity index (χ4n) is 3.44. The van der Waals surface area contributed by atoms with Gasteiger partial charge in [-0.3, -0.25) is 9.59 Å². The summed E-state index contributed by atoms with van der Waals surface area (Å²) < 4.78 is 20.1. The van der Waals surface area contributed by atoms with Gasteiger partial charge in [-0.15, -0.1) is 0 Å². The first kappa shape index (κ1) is 20.7. The van der Waals surface area contributed by atoms with Gasteiger partial charge >= 0.3 is 0 Å². The Morgan fingerprint density at radius 1 is 1.10 bits per heavy atom. The predicted molar refractivity (Wildman–Crippen MR) is 108 cm³/mol. The summed E-state index contributed by atoms with van der Waals surface area (Å²) in [6.07, 6.45) is 0.535. The molecule has 6 heteroatoms. The van der Waals surface area contributed by atoms with E-state index in [1.165, 1.54) is 17.0 Å². The molecule has 152 valence electrons. The fourth-order valence-corrected chi connectivity index (χ4v) is 3.44. The molecule has 1 N–H and O–H groups in total. The highest BCUT2D eigenvalue weighted by atomic mass is 19.1. The summed E-state index contributed by atoms with van der Waals surface area (Å²) >= 11 is 0. The van der Waals surface area contributed by atoms with Gasteiger partial charge in [0, 0.05) is 24.3 Å². The van der Waals surface area contributed by atoms with Crippen LogP contribution in [0.1, 0.15) is 37.4 Å². The molecule has 5 nitrogen and oxygen atoms in total. The van der Waals surface area contributed by atoms with E-state index in [0.717, 1.165) is 0 Å². The fraction of sp³-hybridized carbons (Fsp3) is 0.304. The average molecular weight is 397 g/mol. The number of carbonyl (C=O) groups excluding carboxylic acids is 2. The van der Waals surface area contributed by atoms with Crippen LogP contribution in [0.25, 0.3) is 5.76 Å². The van der Waals surface area contributed by atoms with E-state index in [9.17, 15) is 19.1 Å². The lowest BCUT2D eigenvalue weighted by molar-refractivity contribution is -0.140. The van der Waals surface area contributed by atoms with Gasteiger partial charge in [-0.2, -0.15) is 0 Å². The summed E-state index contributed by atoms with van der Waals surface area (Å²) in [6.45, 7) is 4.43. The van der Waals surface area contributed by atoms with Crippen LogP contribution in [0.15, 0.2) is 60.2 Å². The Morgan fingerprint density at radius 2 is 1.76 bits per heavy atom. The Balaban J connectivity index is 2.04. The molecular weight excluding hydrogens is 373 g/mol. The average Bonchev–Trinajstić information content (AvgIpc) is 2.96. The van der Waals surface area contributed by atoms with Gasteiger partial charge < -0.3 is 14.7 Å². The van der Waals surface area contributed by atoms with Gasteiger partial charge in [-0.05, 0) is 26.3 Å². The molecule has 0 spiro atoms. The number of aliphatic hydroxyl groups is 1. The Kier molecular flexibility index (Phi) is 6.44. The molecule has 1 heterocycles. The monoisotopic (exact) mass is 397 g/mol. The number of hydrogen-bond donors (Lipinski definition) is 1. The van der Waals surface area contributed by atoms with E-state index in [4.69, 9.17) is 4.74 Å². The molecule has 0 saturated carbocycles. The van der Waals surface area contributed by atoms with Crippen LogP contribution in [-0.4, -0.2) is 41.0 Å². The summed E-state index contributed by atoms with van der Waals surface area (Å²) in [6, 6.07) is 13.5. The molecule has 1 atom stereocenters. The Labute approximate surface area is 169 Å². The Bertz CT molecular complexity index is 923. The van der Waals surface area contributed by atoms with Crippen molar-refractivity contribution >= 4 is 17.4 Å². The number of Topliss-reactive ketones (excluding diaryl/α,β-unsaturated/α-hetero) is 1. The third kappa shape index (κ3) is 4.38. The second-order valence-corrected chi connectivity index (χ2v) is 7.15. The van der Waals surface area contributed by atoms with Crippen LogP contribution in [0.3, 0.4) is 0 Å². The SMILES string of the molecule is CC(C)OCCCN1C(=O)C(=O)C(=C(O)c2ccccc2)[C@H]1c1ccccc1F. The molecule has 0 aromatic heterocycles. The second-order valence-electron chi connectivity index (χ2n) is 7.15. The molecular formula is C23H24FNO4. The topological polar surface area (TPSA) is 66.8 Å². The highest BCUT2D eigenvalue weighted by molar-refractivity contribution is 6.46. The van der Waals surface area contributed by atoms with Crippen molar-refractivity contribution in [1.82, 2.24) is 4.90 Å². The number of ketones is 1. The van der Waals surface area contributed by atoms with Crippen molar-refractivity contribution in [3.8, 4) is 0 Å². The zero-order valence-electron chi connectivity index (χ0n) is 16.5. The maximum atomic E-state index is 14.6. The van der Waals surface area contributed by atoms with Crippen LogP contribution in [0, 0.1) is 5.82 Å². The van der Waals surface area contributed by atoms with Crippen LogP contribution in [0.2, 0.25) is 0 Å². The van der Waals surface area contributed by atoms with Crippen LogP contribution in [0.5, 0.6) is 0 Å². The zero-order valence-corrected chi connectivity index (χ0v) is 16.5. The summed E-state index contributed by atoms with van der Waals surface area (Å²) in [7, 11) is 0. The Hall–Kier alpha value is -2.99. The molecule has 2 aromatic carbocycles. The van der Waals surface area contributed by atoms with E-state index >= 15 is 0 Å². The van der Waals surface area contributed by atoms with Crippen molar-refractivity contribution in [1.29, 1.82) is 0 Å². The van der Waals surface area contributed by atoms with Crippen LogP contribution in [0.4, 0.5) is 4.39 Å². The number of nitrogens with zero attached hydrogens (tertiary/aromatic N) is 1. The summed E-state index contributed by atoms with van der Waals surface area (Å²) in [4.78, 5) is 26.9. The number of ether oxygens (including phenoxy) is 1. The number of halogens is 1. The molecule has 29 heavy (non-hydrogen) atoms. The van der Waals surface area contributed by atoms with E-state index in [1.54, 1.807) is 42.5 Å². The third-order valence-corrected chi connectivity index (χ3v) is 4.78. The first-order valence-electron chi connectivity index (χ1n) is 9.61. The van der Waals surface area contributed by atoms with Crippen LogP contribution < -0.4 is 0 Å². The number of benzene rings is 2. The van der Waals surface area contributed by atoms with Gasteiger partial charge in [0.1, 0.15) is 11.6 Å². The van der Waals surface area contributed by atoms with E-state index in [-0.39, 0.29) is 29.5 Å². The number of likely N-dealkylation sites (tertiary alicyclic amines) is 1. The van der Waals surface area contributed by atoms with Gasteiger partial charge in [0.2, 0.25) is 0 Å². The Morgan fingerprint density at radius 3 is 2.41 bits per heavy atom. The molecule has 3 rings (SSSR count). The van der Waals surface area contributed by atoms with Gasteiger partial charge in [-0.1, -0.05) is 48.5 Å². The van der Waals surface area contributed by atoms with Crippen LogP contribution >= 0.6 is 0 Å². The highest BCUT2D eigenvalue weighted by Crippen LogP contribution is 2.40. The van der Waals surface area contributed by atoms with Gasteiger partial charge in [0.05, 0.1) is 17.7 Å². The van der Waals surface area contributed by atoms with E-state index in [2.05, 4.69) is 0 Å². The number of rotatable bonds is 7. The first-order chi connectivity index (χ1) is 13.9. The summed E-state index contributed by atoms with van der Waals surface area (Å²) in [5.74, 6) is -2.41. The largest absolute Gasteiger partial charge is 0.507 e. The smallest absolute Gasteiger partial charge is 0.295 e. The molecule has 1 aliphatic heterocycles. The zero-order chi connectivity index (χ0) is 21.0. The highest BCUT2D eigenvalue weighted by Gasteiger charge is 2.46. The number of carbonyl (C=O) groups is 2. The van der Waals surface area contributed by atoms with Crippen LogP contribution in [-0.2, 0) is 14.3 Å². The minimum absolute atomic E-state index is 0.0471. The number of aliphatic hydroxyl groups excluding tert-OH is 1. The molecule has 0 aliphatic carbocycles. The van der Waals surface area contributed by atoms with Crippen molar-refractivity contribution in [3.63, 3.8) is 0 Å². The molecule has 0 unspecified atom stereocenters. The number of hydrogen-bond acceptors (Lipinski definition) is 4. The lowest BCUT2D eigenvalue weighted by Crippen LogP contribution is -2.31. The normalized spacial score (nSPS) is 18.6. The molecule has 2 aromatic rings. The molecule has 1 amide bonds. The maximum absolute atomic E-state index is 14.6. The van der Waals surface area contributed by atoms with Crippen molar-refractivity contribution < 1.29 is 23.8 Å². The molecule has 1 aliphatic rings. The standard InChI is InChI=1S/C23H24FNO4/c1-15(2)29-14-8-13-25-20(17-11-6-7-12-18(17)24)19(22(27)23(25)28)21(26)16-9-4-3-5-10-16/h3-7,9-12,15,20,26H,8,13-14H2,1-2H3/t20-/m1/s1. The van der Waals surface area contributed by atoms with E-state index < -0.39 is 23.5 Å². The summed E-state index contributed by atoms with van der Waals surface area (Å²) in [5.41, 5.74) is 0.472. The first-order valence-corrected chi connectivity index (χ1v) is 9.61. The maximum Gasteiger partial charge on any atom is 0.295 e. The minimum atomic E-state index is -0.990. The van der Waals surface area contributed by atoms with Crippen molar-refractivity contribution in [2.45, 2.75) is 32.4 Å².